The lowest BCUT2D eigenvalue weighted by Crippen LogP contribution is -2.51. The topological polar surface area (TPSA) is 217 Å². The van der Waals surface area contributed by atoms with Crippen LogP contribution in [0.2, 0.25) is 0 Å². The SMILES string of the molecule is NC1=N[C@H]2[C@H](CS[C@H]2CNC(=O)CC(=O)NC(Cc2ccccc2)NC(=O)CC(=O)NC[C@@H]2SC[C@@H]3NC(N)=N[C@@H]32)N1. The van der Waals surface area contributed by atoms with Crippen molar-refractivity contribution in [3.05, 3.63) is 35.9 Å². The molecule has 2 saturated heterocycles. The zero-order valence-corrected chi connectivity index (χ0v) is 24.5. The number of rotatable bonds is 12. The smallest absolute Gasteiger partial charge is 0.231 e. The van der Waals surface area contributed by atoms with Gasteiger partial charge in [0.15, 0.2) is 11.9 Å². The molecule has 1 aromatic rings. The third-order valence-electron chi connectivity index (χ3n) is 7.41. The molecule has 0 bridgehead atoms. The maximum atomic E-state index is 12.8. The Hall–Kier alpha value is -3.66. The van der Waals surface area contributed by atoms with Crippen LogP contribution < -0.4 is 43.4 Å². The Morgan fingerprint density at radius 1 is 0.786 bits per heavy atom. The van der Waals surface area contributed by atoms with E-state index in [2.05, 4.69) is 41.9 Å². The first-order chi connectivity index (χ1) is 20.2. The molecular formula is C26H36N10O4S2. The predicted molar refractivity (Wildman–Crippen MR) is 163 cm³/mol. The normalized spacial score (nSPS) is 27.2. The lowest BCUT2D eigenvalue weighted by atomic mass is 10.1. The fourth-order valence-corrected chi connectivity index (χ4v) is 8.19. The summed E-state index contributed by atoms with van der Waals surface area (Å²) in [4.78, 5) is 59.4. The second-order valence-corrected chi connectivity index (χ2v) is 13.1. The van der Waals surface area contributed by atoms with E-state index in [-0.39, 0.29) is 41.1 Å². The number of nitrogens with one attached hydrogen (secondary N) is 6. The molecule has 2 fully saturated rings. The van der Waals surface area contributed by atoms with Crippen molar-refractivity contribution >= 4 is 59.1 Å². The van der Waals surface area contributed by atoms with Gasteiger partial charge in [-0.2, -0.15) is 23.5 Å². The van der Waals surface area contributed by atoms with Crippen molar-refractivity contribution in [2.75, 3.05) is 24.6 Å². The van der Waals surface area contributed by atoms with E-state index in [1.54, 1.807) is 23.5 Å². The van der Waals surface area contributed by atoms with Crippen molar-refractivity contribution in [2.45, 2.75) is 60.1 Å². The van der Waals surface area contributed by atoms with Crippen LogP contribution in [0, 0.1) is 0 Å². The van der Waals surface area contributed by atoms with E-state index in [1.807, 2.05) is 30.3 Å². The zero-order valence-electron chi connectivity index (χ0n) is 22.9. The van der Waals surface area contributed by atoms with Crippen molar-refractivity contribution in [2.24, 2.45) is 21.5 Å². The highest BCUT2D eigenvalue weighted by molar-refractivity contribution is 8.00. The van der Waals surface area contributed by atoms with Crippen LogP contribution in [0.25, 0.3) is 0 Å². The highest BCUT2D eigenvalue weighted by atomic mass is 32.2. The summed E-state index contributed by atoms with van der Waals surface area (Å²) in [6.45, 7) is 0.736. The Kier molecular flexibility index (Phi) is 9.62. The Morgan fingerprint density at radius 2 is 1.26 bits per heavy atom. The summed E-state index contributed by atoms with van der Waals surface area (Å²) < 4.78 is 0. The number of aliphatic imine (C=N–C) groups is 2. The number of carbonyl (C=O) groups excluding carboxylic acids is 4. The van der Waals surface area contributed by atoms with Crippen LogP contribution in [0.15, 0.2) is 40.3 Å². The summed E-state index contributed by atoms with van der Waals surface area (Å²) in [5.74, 6) is 0.567. The molecule has 6 atom stereocenters. The molecule has 16 heteroatoms. The number of hydrogen-bond donors (Lipinski definition) is 8. The molecule has 0 aromatic heterocycles. The molecule has 0 radical (unpaired) electrons. The van der Waals surface area contributed by atoms with Crippen molar-refractivity contribution in [1.82, 2.24) is 31.9 Å². The molecule has 5 rings (SSSR count). The van der Waals surface area contributed by atoms with Crippen LogP contribution in [0.1, 0.15) is 18.4 Å². The quantitative estimate of drug-likeness (QED) is 0.0901. The molecule has 10 N–H and O–H groups in total. The van der Waals surface area contributed by atoms with Crippen LogP contribution in [-0.4, -0.2) is 101 Å². The van der Waals surface area contributed by atoms with Crippen LogP contribution in [0.3, 0.4) is 0 Å². The number of nitrogens with zero attached hydrogens (tertiary/aromatic N) is 2. The van der Waals surface area contributed by atoms with Crippen molar-refractivity contribution in [3.63, 3.8) is 0 Å². The summed E-state index contributed by atoms with van der Waals surface area (Å²) in [7, 11) is 0. The molecule has 4 heterocycles. The lowest BCUT2D eigenvalue weighted by molar-refractivity contribution is -0.130. The zero-order chi connectivity index (χ0) is 29.6. The lowest BCUT2D eigenvalue weighted by Gasteiger charge is -2.21. The Balaban J connectivity index is 1.08. The number of thioether (sulfide) groups is 2. The Morgan fingerprint density at radius 3 is 1.74 bits per heavy atom. The highest BCUT2D eigenvalue weighted by Gasteiger charge is 2.41. The van der Waals surface area contributed by atoms with Crippen molar-refractivity contribution in [1.29, 1.82) is 0 Å². The maximum absolute atomic E-state index is 12.8. The minimum absolute atomic E-state index is 0.00681. The summed E-state index contributed by atoms with van der Waals surface area (Å²) in [5, 5.41) is 17.4. The van der Waals surface area contributed by atoms with Gasteiger partial charge in [0.2, 0.25) is 23.6 Å². The first kappa shape index (κ1) is 29.8. The Labute approximate surface area is 251 Å². The second kappa shape index (κ2) is 13.5. The number of carbonyl (C=O) groups is 4. The molecule has 1 aromatic carbocycles. The van der Waals surface area contributed by atoms with Crippen LogP contribution >= 0.6 is 23.5 Å². The van der Waals surface area contributed by atoms with E-state index in [9.17, 15) is 19.2 Å². The molecule has 0 aliphatic carbocycles. The number of nitrogens with two attached hydrogens (primary N) is 2. The first-order valence-electron chi connectivity index (χ1n) is 13.8. The highest BCUT2D eigenvalue weighted by Crippen LogP contribution is 2.32. The number of benzene rings is 1. The third-order valence-corrected chi connectivity index (χ3v) is 10.3. The van der Waals surface area contributed by atoms with Crippen molar-refractivity contribution in [3.8, 4) is 0 Å². The molecule has 4 aliphatic rings. The summed E-state index contributed by atoms with van der Waals surface area (Å²) >= 11 is 3.40. The van der Waals surface area contributed by atoms with Gasteiger partial charge in [-0.1, -0.05) is 30.3 Å². The summed E-state index contributed by atoms with van der Waals surface area (Å²) in [6, 6.07) is 9.61. The first-order valence-corrected chi connectivity index (χ1v) is 15.9. The number of hydrogen-bond acceptors (Lipinski definition) is 12. The van der Waals surface area contributed by atoms with E-state index in [1.165, 1.54) is 0 Å². The summed E-state index contributed by atoms with van der Waals surface area (Å²) in [6.07, 6.45) is -1.34. The van der Waals surface area contributed by atoms with Gasteiger partial charge >= 0.3 is 0 Å². The molecule has 14 nitrogen and oxygen atoms in total. The molecular weight excluding hydrogens is 580 g/mol. The number of amides is 4. The van der Waals surface area contributed by atoms with E-state index in [0.717, 1.165) is 17.1 Å². The van der Waals surface area contributed by atoms with Crippen LogP contribution in [0.4, 0.5) is 0 Å². The molecule has 226 valence electrons. The van der Waals surface area contributed by atoms with Gasteiger partial charge in [-0.3, -0.25) is 19.2 Å². The van der Waals surface area contributed by atoms with Crippen LogP contribution in [-0.2, 0) is 25.6 Å². The monoisotopic (exact) mass is 616 g/mol. The van der Waals surface area contributed by atoms with Gasteiger partial charge in [0.1, 0.15) is 19.0 Å². The third kappa shape index (κ3) is 7.79. The fourth-order valence-electron chi connectivity index (χ4n) is 5.43. The fraction of sp³-hybridized carbons (Fsp3) is 0.538. The predicted octanol–water partition coefficient (Wildman–Crippen LogP) is -2.66. The minimum atomic E-state index is -0.811. The molecule has 0 saturated carbocycles. The van der Waals surface area contributed by atoms with Gasteiger partial charge in [0.25, 0.3) is 0 Å². The van der Waals surface area contributed by atoms with E-state index in [4.69, 9.17) is 11.5 Å². The van der Waals surface area contributed by atoms with Gasteiger partial charge in [-0.25, -0.2) is 9.98 Å². The van der Waals surface area contributed by atoms with E-state index >= 15 is 0 Å². The molecule has 0 spiro atoms. The van der Waals surface area contributed by atoms with Gasteiger partial charge in [0, 0.05) is 41.5 Å². The molecule has 4 amide bonds. The van der Waals surface area contributed by atoms with Gasteiger partial charge in [-0.15, -0.1) is 0 Å². The van der Waals surface area contributed by atoms with Gasteiger partial charge in [-0.05, 0) is 5.56 Å². The average Bonchev–Trinajstić information content (AvgIpc) is 3.68. The number of fused-ring (bicyclic) bond motifs is 2. The molecule has 0 unspecified atom stereocenters. The van der Waals surface area contributed by atoms with E-state index < -0.39 is 42.6 Å². The standard InChI is InChI=1S/C26H36N10O4S2/c27-25-31-14-11-41-16(23(14)35-25)9-29-19(37)7-21(39)33-18(6-13-4-2-1-3-5-13)34-22(40)8-20(38)30-10-17-24-15(12-42-17)32-26(28)36-24/h1-5,14-18,23-24H,6-12H2,(H,29,37)(H,30,38)(H,33,39)(H,34,40)(H3,27,31,35)(H3,28,32,36)/t14-,15-,16-,17-,23-,24-/m0/s1. The summed E-state index contributed by atoms with van der Waals surface area (Å²) in [5.41, 5.74) is 12.4. The largest absolute Gasteiger partial charge is 0.370 e. The minimum Gasteiger partial charge on any atom is -0.370 e. The Bertz CT molecular complexity index is 1170. The second-order valence-electron chi connectivity index (χ2n) is 10.6. The van der Waals surface area contributed by atoms with Gasteiger partial charge in [0.05, 0.1) is 24.2 Å². The van der Waals surface area contributed by atoms with Gasteiger partial charge < -0.3 is 43.4 Å². The number of guanidine groups is 2. The maximum Gasteiger partial charge on any atom is 0.231 e. The molecule has 4 aliphatic heterocycles. The average molecular weight is 617 g/mol. The molecule has 42 heavy (non-hydrogen) atoms. The van der Waals surface area contributed by atoms with Crippen molar-refractivity contribution < 1.29 is 19.2 Å². The van der Waals surface area contributed by atoms with Crippen LogP contribution in [0.5, 0.6) is 0 Å². The van der Waals surface area contributed by atoms with E-state index in [0.29, 0.717) is 25.0 Å².